The van der Waals surface area contributed by atoms with E-state index in [9.17, 15) is 10.2 Å². The van der Waals surface area contributed by atoms with Gasteiger partial charge in [-0.15, -0.1) is 0 Å². The van der Waals surface area contributed by atoms with Gasteiger partial charge in [-0.05, 0) is 37.0 Å². The Morgan fingerprint density at radius 1 is 1.17 bits per heavy atom. The molecule has 2 aliphatic rings. The lowest BCUT2D eigenvalue weighted by molar-refractivity contribution is -0.0951. The third-order valence-electron chi connectivity index (χ3n) is 4.31. The van der Waals surface area contributed by atoms with E-state index in [1.54, 1.807) is 6.92 Å². The van der Waals surface area contributed by atoms with Gasteiger partial charge in [0.2, 0.25) is 0 Å². The number of hydrogen-bond acceptors (Lipinski definition) is 2. The van der Waals surface area contributed by atoms with Gasteiger partial charge in [0.15, 0.2) is 0 Å². The molecule has 0 heterocycles. The van der Waals surface area contributed by atoms with Gasteiger partial charge in [0.05, 0.1) is 11.7 Å². The third-order valence-corrected chi connectivity index (χ3v) is 4.31. The van der Waals surface area contributed by atoms with Crippen LogP contribution in [0.4, 0.5) is 0 Å². The van der Waals surface area contributed by atoms with Gasteiger partial charge in [0.25, 0.3) is 0 Å². The van der Waals surface area contributed by atoms with Gasteiger partial charge in [-0.3, -0.25) is 0 Å². The standard InChI is InChI=1S/C10H18O2/c1-9(2)6-4-5-7(9)10(3,12)8(6)11/h6-8,11-12H,4-5H2,1-3H3. The van der Waals surface area contributed by atoms with Crippen LogP contribution in [0, 0.1) is 17.3 Å². The van der Waals surface area contributed by atoms with Crippen molar-refractivity contribution in [1.29, 1.82) is 0 Å². The summed E-state index contributed by atoms with van der Waals surface area (Å²) in [4.78, 5) is 0. The zero-order valence-corrected chi connectivity index (χ0v) is 8.04. The number of rotatable bonds is 0. The molecule has 0 aromatic heterocycles. The van der Waals surface area contributed by atoms with E-state index in [2.05, 4.69) is 13.8 Å². The maximum absolute atomic E-state index is 10.0. The number of aliphatic hydroxyl groups is 2. The van der Waals surface area contributed by atoms with E-state index in [4.69, 9.17) is 0 Å². The Morgan fingerprint density at radius 3 is 2.00 bits per heavy atom. The Bertz CT molecular complexity index is 200. The molecule has 4 atom stereocenters. The lowest BCUT2D eigenvalue weighted by atomic mass is 9.79. The lowest BCUT2D eigenvalue weighted by Crippen LogP contribution is -2.44. The molecule has 4 unspecified atom stereocenters. The van der Waals surface area contributed by atoms with Crippen molar-refractivity contribution < 1.29 is 10.2 Å². The van der Waals surface area contributed by atoms with Gasteiger partial charge < -0.3 is 10.2 Å². The van der Waals surface area contributed by atoms with Gasteiger partial charge in [-0.2, -0.15) is 0 Å². The molecule has 0 saturated heterocycles. The average Bonchev–Trinajstić information content (AvgIpc) is 2.27. The predicted molar refractivity (Wildman–Crippen MR) is 46.6 cm³/mol. The minimum absolute atomic E-state index is 0.128. The Kier molecular flexibility index (Phi) is 1.45. The van der Waals surface area contributed by atoms with Crippen molar-refractivity contribution in [3.63, 3.8) is 0 Å². The molecule has 2 nitrogen and oxygen atoms in total. The van der Waals surface area contributed by atoms with Crippen molar-refractivity contribution in [2.24, 2.45) is 17.3 Å². The molecule has 0 amide bonds. The minimum Gasteiger partial charge on any atom is -0.390 e. The average molecular weight is 170 g/mol. The quantitative estimate of drug-likeness (QED) is 0.573. The van der Waals surface area contributed by atoms with E-state index >= 15 is 0 Å². The molecule has 2 N–H and O–H groups in total. The fraction of sp³-hybridized carbons (Fsp3) is 1.00. The maximum Gasteiger partial charge on any atom is 0.0913 e. The first-order valence-electron chi connectivity index (χ1n) is 4.79. The molecule has 0 radical (unpaired) electrons. The zero-order valence-electron chi connectivity index (χ0n) is 8.04. The molecule has 70 valence electrons. The summed E-state index contributed by atoms with van der Waals surface area (Å²) in [7, 11) is 0. The first-order valence-corrected chi connectivity index (χ1v) is 4.79. The number of hydrogen-bond donors (Lipinski definition) is 2. The highest BCUT2D eigenvalue weighted by atomic mass is 16.3. The van der Waals surface area contributed by atoms with E-state index in [-0.39, 0.29) is 11.3 Å². The van der Waals surface area contributed by atoms with E-state index in [1.165, 1.54) is 0 Å². The van der Waals surface area contributed by atoms with Crippen molar-refractivity contribution in [2.45, 2.75) is 45.3 Å². The van der Waals surface area contributed by atoms with Gasteiger partial charge >= 0.3 is 0 Å². The number of aliphatic hydroxyl groups excluding tert-OH is 1. The van der Waals surface area contributed by atoms with Crippen LogP contribution in [0.1, 0.15) is 33.6 Å². The van der Waals surface area contributed by atoms with Gasteiger partial charge in [0.1, 0.15) is 0 Å². The Morgan fingerprint density at radius 2 is 1.75 bits per heavy atom. The van der Waals surface area contributed by atoms with Gasteiger partial charge in [-0.25, -0.2) is 0 Å². The van der Waals surface area contributed by atoms with Crippen molar-refractivity contribution in [3.05, 3.63) is 0 Å². The van der Waals surface area contributed by atoms with Gasteiger partial charge in [-0.1, -0.05) is 13.8 Å². The molecule has 2 saturated carbocycles. The normalized spacial score (nSPS) is 56.2. The second-order valence-corrected chi connectivity index (χ2v) is 5.23. The predicted octanol–water partition coefficient (Wildman–Crippen LogP) is 1.16. The molecule has 2 aliphatic carbocycles. The molecule has 0 aromatic carbocycles. The van der Waals surface area contributed by atoms with Crippen LogP contribution in [0.5, 0.6) is 0 Å². The van der Waals surface area contributed by atoms with Crippen molar-refractivity contribution in [2.75, 3.05) is 0 Å². The van der Waals surface area contributed by atoms with Crippen LogP contribution in [0.25, 0.3) is 0 Å². The first kappa shape index (κ1) is 8.52. The molecule has 2 fully saturated rings. The van der Waals surface area contributed by atoms with Crippen LogP contribution in [-0.4, -0.2) is 21.9 Å². The fourth-order valence-corrected chi connectivity index (χ4v) is 3.57. The van der Waals surface area contributed by atoms with Crippen molar-refractivity contribution in [3.8, 4) is 0 Å². The minimum atomic E-state index is -0.841. The molecule has 0 spiro atoms. The first-order chi connectivity index (χ1) is 5.38. The summed E-state index contributed by atoms with van der Waals surface area (Å²) < 4.78 is 0. The summed E-state index contributed by atoms with van der Waals surface area (Å²) in [6.07, 6.45) is 1.64. The molecule has 0 aliphatic heterocycles. The van der Waals surface area contributed by atoms with Crippen LogP contribution in [0.15, 0.2) is 0 Å². The molecular formula is C10H18O2. The SMILES string of the molecule is CC1(C)C2CCC1C(C)(O)C2O. The largest absolute Gasteiger partial charge is 0.390 e. The third kappa shape index (κ3) is 0.728. The topological polar surface area (TPSA) is 40.5 Å². The summed E-state index contributed by atoms with van der Waals surface area (Å²) in [5.74, 6) is 0.586. The molecule has 2 heteroatoms. The summed E-state index contributed by atoms with van der Waals surface area (Å²) in [5, 5.41) is 19.9. The van der Waals surface area contributed by atoms with E-state index in [1.807, 2.05) is 0 Å². The lowest BCUT2D eigenvalue weighted by Gasteiger charge is -2.33. The zero-order chi connectivity index (χ0) is 9.15. The summed E-state index contributed by atoms with van der Waals surface area (Å²) in [6, 6.07) is 0. The second-order valence-electron chi connectivity index (χ2n) is 5.23. The van der Waals surface area contributed by atoms with Crippen LogP contribution in [-0.2, 0) is 0 Å². The van der Waals surface area contributed by atoms with Crippen LogP contribution in [0.2, 0.25) is 0 Å². The highest BCUT2D eigenvalue weighted by molar-refractivity contribution is 5.13. The van der Waals surface area contributed by atoms with Crippen LogP contribution < -0.4 is 0 Å². The molecule has 2 bridgehead atoms. The summed E-state index contributed by atoms with van der Waals surface area (Å²) >= 11 is 0. The van der Waals surface area contributed by atoms with E-state index in [0.29, 0.717) is 5.92 Å². The molecular weight excluding hydrogens is 152 g/mol. The van der Waals surface area contributed by atoms with Crippen molar-refractivity contribution in [1.82, 2.24) is 0 Å². The van der Waals surface area contributed by atoms with E-state index in [0.717, 1.165) is 12.8 Å². The monoisotopic (exact) mass is 170 g/mol. The Labute approximate surface area is 73.6 Å². The van der Waals surface area contributed by atoms with Gasteiger partial charge in [0, 0.05) is 0 Å². The molecule has 2 rings (SSSR count). The maximum atomic E-state index is 10.0. The van der Waals surface area contributed by atoms with Crippen LogP contribution in [0.3, 0.4) is 0 Å². The summed E-state index contributed by atoms with van der Waals surface area (Å²) in [6.45, 7) is 6.11. The highest BCUT2D eigenvalue weighted by Crippen LogP contribution is 2.61. The smallest absolute Gasteiger partial charge is 0.0913 e. The van der Waals surface area contributed by atoms with E-state index < -0.39 is 11.7 Å². The van der Waals surface area contributed by atoms with Crippen molar-refractivity contribution >= 4 is 0 Å². The fourth-order valence-electron chi connectivity index (χ4n) is 3.57. The summed E-state index contributed by atoms with van der Waals surface area (Å²) in [5.41, 5.74) is -0.713. The molecule has 0 aromatic rings. The highest BCUT2D eigenvalue weighted by Gasteiger charge is 2.64. The second kappa shape index (κ2) is 2.05. The van der Waals surface area contributed by atoms with Crippen LogP contribution >= 0.6 is 0 Å². The Balaban J connectivity index is 2.40. The Hall–Kier alpha value is -0.0800. The molecule has 12 heavy (non-hydrogen) atoms. The number of fused-ring (bicyclic) bond motifs is 2.